The molecule has 0 unspecified atom stereocenters. The number of nitrogens with one attached hydrogen (secondary N) is 1. The Bertz CT molecular complexity index is 795. The van der Waals surface area contributed by atoms with Gasteiger partial charge in [0.25, 0.3) is 5.91 Å². The van der Waals surface area contributed by atoms with Gasteiger partial charge in [0.05, 0.1) is 0 Å². The van der Waals surface area contributed by atoms with Crippen LogP contribution in [0.15, 0.2) is 42.5 Å². The number of amides is 1. The molecule has 0 aromatic heterocycles. The molecule has 2 heterocycles. The number of likely N-dealkylation sites (tertiary alicyclic amines) is 1. The average molecular weight is 383 g/mol. The van der Waals surface area contributed by atoms with Crippen LogP contribution in [0.4, 0.5) is 0 Å². The number of carbonyl (C=O) groups excluding carboxylic acids is 1. The first kappa shape index (κ1) is 19.2. The fraction of sp³-hybridized carbons (Fsp3) is 0.522. The van der Waals surface area contributed by atoms with Gasteiger partial charge in [0, 0.05) is 25.3 Å². The lowest BCUT2D eigenvalue weighted by atomic mass is 9.86. The number of hydrogen-bond acceptors (Lipinski definition) is 4. The lowest BCUT2D eigenvalue weighted by Crippen LogP contribution is -2.59. The van der Waals surface area contributed by atoms with Crippen LogP contribution in [0, 0.1) is 0 Å². The fourth-order valence-corrected chi connectivity index (χ4v) is 4.44. The third kappa shape index (κ3) is 4.47. The molecule has 1 amide bonds. The lowest BCUT2D eigenvalue weighted by Gasteiger charge is -2.48. The molecular formula is C23H30N2O3. The predicted molar refractivity (Wildman–Crippen MR) is 111 cm³/mol. The number of benzene rings is 2. The Morgan fingerprint density at radius 1 is 1.04 bits per heavy atom. The monoisotopic (exact) mass is 382 g/mol. The zero-order chi connectivity index (χ0) is 19.2. The van der Waals surface area contributed by atoms with Crippen molar-refractivity contribution in [3.8, 4) is 5.75 Å². The Morgan fingerprint density at radius 2 is 1.79 bits per heavy atom. The van der Waals surface area contributed by atoms with Crippen molar-refractivity contribution >= 4 is 16.7 Å². The molecule has 0 spiro atoms. The molecule has 4 rings (SSSR count). The number of rotatable bonds is 6. The van der Waals surface area contributed by atoms with Crippen molar-refractivity contribution in [3.05, 3.63) is 42.5 Å². The predicted octanol–water partition coefficient (Wildman–Crippen LogP) is 3.37. The molecule has 2 aliphatic rings. The summed E-state index contributed by atoms with van der Waals surface area (Å²) in [5.41, 5.74) is 0.0390. The molecule has 2 saturated heterocycles. The summed E-state index contributed by atoms with van der Waals surface area (Å²) in [6.45, 7) is 4.54. The van der Waals surface area contributed by atoms with E-state index in [1.807, 2.05) is 30.3 Å². The molecule has 150 valence electrons. The van der Waals surface area contributed by atoms with Gasteiger partial charge in [-0.15, -0.1) is 0 Å². The minimum absolute atomic E-state index is 0.0390. The summed E-state index contributed by atoms with van der Waals surface area (Å²) in [6.07, 6.45) is 5.79. The largest absolute Gasteiger partial charge is 0.484 e. The summed E-state index contributed by atoms with van der Waals surface area (Å²) < 4.78 is 11.3. The topological polar surface area (TPSA) is 50.8 Å². The van der Waals surface area contributed by atoms with Crippen LogP contribution in [0.3, 0.4) is 0 Å². The Morgan fingerprint density at radius 3 is 2.57 bits per heavy atom. The number of carbonyl (C=O) groups is 1. The van der Waals surface area contributed by atoms with E-state index in [9.17, 15) is 4.79 Å². The third-order valence-corrected chi connectivity index (χ3v) is 6.16. The van der Waals surface area contributed by atoms with Gasteiger partial charge in [-0.25, -0.2) is 0 Å². The van der Waals surface area contributed by atoms with E-state index in [1.54, 1.807) is 0 Å². The van der Waals surface area contributed by atoms with Crippen LogP contribution in [0.5, 0.6) is 5.75 Å². The molecule has 2 aromatic carbocycles. The van der Waals surface area contributed by atoms with Crippen molar-refractivity contribution in [2.45, 2.75) is 37.6 Å². The highest BCUT2D eigenvalue weighted by molar-refractivity contribution is 5.84. The molecule has 2 fully saturated rings. The second-order valence-corrected chi connectivity index (χ2v) is 7.96. The Balaban J connectivity index is 1.32. The van der Waals surface area contributed by atoms with Crippen molar-refractivity contribution in [2.75, 3.05) is 39.5 Å². The number of piperidine rings is 1. The van der Waals surface area contributed by atoms with E-state index in [4.69, 9.17) is 9.47 Å². The van der Waals surface area contributed by atoms with Crippen molar-refractivity contribution in [1.82, 2.24) is 10.2 Å². The summed E-state index contributed by atoms with van der Waals surface area (Å²) >= 11 is 0. The van der Waals surface area contributed by atoms with Crippen LogP contribution in [0.25, 0.3) is 10.8 Å². The number of ether oxygens (including phenoxy) is 2. The minimum Gasteiger partial charge on any atom is -0.484 e. The van der Waals surface area contributed by atoms with Crippen molar-refractivity contribution in [3.63, 3.8) is 0 Å². The van der Waals surface area contributed by atoms with Crippen molar-refractivity contribution in [2.24, 2.45) is 0 Å². The summed E-state index contributed by atoms with van der Waals surface area (Å²) in [6, 6.07) is 14.1. The second-order valence-electron chi connectivity index (χ2n) is 7.96. The lowest BCUT2D eigenvalue weighted by molar-refractivity contribution is -0.124. The molecule has 0 bridgehead atoms. The summed E-state index contributed by atoms with van der Waals surface area (Å²) in [5.74, 6) is 0.668. The van der Waals surface area contributed by atoms with Gasteiger partial charge in [-0.3, -0.25) is 9.69 Å². The smallest absolute Gasteiger partial charge is 0.258 e. The highest BCUT2D eigenvalue weighted by Crippen LogP contribution is 2.30. The molecule has 0 aliphatic carbocycles. The van der Waals surface area contributed by atoms with Crippen LogP contribution in [-0.2, 0) is 9.53 Å². The quantitative estimate of drug-likeness (QED) is 0.832. The van der Waals surface area contributed by atoms with E-state index in [0.717, 1.165) is 50.3 Å². The van der Waals surface area contributed by atoms with E-state index >= 15 is 0 Å². The van der Waals surface area contributed by atoms with Gasteiger partial charge in [0.15, 0.2) is 6.61 Å². The maximum Gasteiger partial charge on any atom is 0.258 e. The maximum absolute atomic E-state index is 12.5. The summed E-state index contributed by atoms with van der Waals surface area (Å²) in [4.78, 5) is 15.0. The highest BCUT2D eigenvalue weighted by Gasteiger charge is 2.39. The number of fused-ring (bicyclic) bond motifs is 1. The van der Waals surface area contributed by atoms with Crippen molar-refractivity contribution in [1.29, 1.82) is 0 Å². The number of nitrogens with zero attached hydrogens (tertiary/aromatic N) is 1. The maximum atomic E-state index is 12.5. The van der Waals surface area contributed by atoms with Gasteiger partial charge < -0.3 is 14.8 Å². The highest BCUT2D eigenvalue weighted by atomic mass is 16.5. The van der Waals surface area contributed by atoms with E-state index < -0.39 is 0 Å². The standard InChI is InChI=1S/C23H30N2O3/c26-22(17-28-21-9-8-19-6-2-3-7-20(19)16-21)24-18-23(10-14-27-15-11-23)25-12-4-1-5-13-25/h2-3,6-9,16H,1,4-5,10-15,17-18H2,(H,24,26). The SMILES string of the molecule is O=C(COc1ccc2ccccc2c1)NCC1(N2CCCCC2)CCOCC1. The van der Waals surface area contributed by atoms with Crippen LogP contribution < -0.4 is 10.1 Å². The second kappa shape index (κ2) is 8.93. The van der Waals surface area contributed by atoms with Gasteiger partial charge in [-0.2, -0.15) is 0 Å². The first-order valence-corrected chi connectivity index (χ1v) is 10.5. The van der Waals surface area contributed by atoms with Crippen molar-refractivity contribution < 1.29 is 14.3 Å². The van der Waals surface area contributed by atoms with Crippen LogP contribution in [-0.4, -0.2) is 55.8 Å². The van der Waals surface area contributed by atoms with Gasteiger partial charge in [-0.1, -0.05) is 36.8 Å². The van der Waals surface area contributed by atoms with Crippen LogP contribution >= 0.6 is 0 Å². The van der Waals surface area contributed by atoms with Gasteiger partial charge >= 0.3 is 0 Å². The van der Waals surface area contributed by atoms with E-state index in [1.165, 1.54) is 24.6 Å². The number of hydrogen-bond donors (Lipinski definition) is 1. The summed E-state index contributed by atoms with van der Waals surface area (Å²) in [5, 5.41) is 5.42. The molecule has 5 heteroatoms. The zero-order valence-electron chi connectivity index (χ0n) is 16.5. The molecule has 0 saturated carbocycles. The molecule has 2 aliphatic heterocycles. The molecular weight excluding hydrogens is 352 g/mol. The molecule has 5 nitrogen and oxygen atoms in total. The minimum atomic E-state index is -0.0592. The molecule has 2 aromatic rings. The van der Waals surface area contributed by atoms with Gasteiger partial charge in [0.1, 0.15) is 5.75 Å². The van der Waals surface area contributed by atoms with E-state index in [-0.39, 0.29) is 18.1 Å². The van der Waals surface area contributed by atoms with Crippen LogP contribution in [0.1, 0.15) is 32.1 Å². The summed E-state index contributed by atoms with van der Waals surface area (Å²) in [7, 11) is 0. The normalized spacial score (nSPS) is 20.0. The molecule has 0 radical (unpaired) electrons. The van der Waals surface area contributed by atoms with E-state index in [2.05, 4.69) is 22.3 Å². The van der Waals surface area contributed by atoms with Gasteiger partial charge in [-0.05, 0) is 61.7 Å². The molecule has 28 heavy (non-hydrogen) atoms. The van der Waals surface area contributed by atoms with Gasteiger partial charge in [0.2, 0.25) is 0 Å². The fourth-order valence-electron chi connectivity index (χ4n) is 4.44. The average Bonchev–Trinajstić information content (AvgIpc) is 2.77. The Kier molecular flexibility index (Phi) is 6.13. The Hall–Kier alpha value is -2.11. The first-order valence-electron chi connectivity index (χ1n) is 10.5. The zero-order valence-corrected chi connectivity index (χ0v) is 16.5. The van der Waals surface area contributed by atoms with Crippen LogP contribution in [0.2, 0.25) is 0 Å². The van der Waals surface area contributed by atoms with E-state index in [0.29, 0.717) is 6.54 Å². The molecule has 1 N–H and O–H groups in total. The first-order chi connectivity index (χ1) is 13.8. The third-order valence-electron chi connectivity index (χ3n) is 6.16. The molecule has 0 atom stereocenters. The Labute approximate surface area is 167 Å².